The molecule has 2 fully saturated rings. The Morgan fingerprint density at radius 3 is 2.64 bits per heavy atom. The van der Waals surface area contributed by atoms with Crippen molar-refractivity contribution in [2.45, 2.75) is 48.5 Å². The number of hydrogen-bond donors (Lipinski definition) is 5. The van der Waals surface area contributed by atoms with Gasteiger partial charge in [0.15, 0.2) is 17.5 Å². The molecule has 8 heteroatoms. The average Bonchev–Trinajstić information content (AvgIpc) is 3.53. The van der Waals surface area contributed by atoms with Gasteiger partial charge in [0.25, 0.3) is 0 Å². The third-order valence-electron chi connectivity index (χ3n) is 8.37. The lowest BCUT2D eigenvalue weighted by Crippen LogP contribution is -2.70. The lowest BCUT2D eigenvalue weighted by molar-refractivity contribution is -0.342. The van der Waals surface area contributed by atoms with Crippen LogP contribution in [0.3, 0.4) is 0 Å². The maximum absolute atomic E-state index is 13.3. The fraction of sp³-hybridized carbons (Fsp3) is 0.321. The zero-order chi connectivity index (χ0) is 24.9. The Hall–Kier alpha value is -3.27. The minimum atomic E-state index is -2.55. The molecule has 0 amide bonds. The molecule has 3 aromatic carbocycles. The number of aromatic nitrogens is 1. The van der Waals surface area contributed by atoms with Gasteiger partial charge in [0.05, 0.1) is 5.39 Å². The number of carbonyl (C=O) groups is 1. The summed E-state index contributed by atoms with van der Waals surface area (Å²) in [6.45, 7) is 0. The molecule has 36 heavy (non-hydrogen) atoms. The van der Waals surface area contributed by atoms with Crippen molar-refractivity contribution in [3.8, 4) is 5.75 Å². The maximum Gasteiger partial charge on any atom is 0.343 e. The van der Waals surface area contributed by atoms with Gasteiger partial charge in [-0.1, -0.05) is 36.4 Å². The second-order valence-corrected chi connectivity index (χ2v) is 10.2. The highest BCUT2D eigenvalue weighted by atomic mass is 16.7. The molecule has 1 aromatic heterocycles. The number of carbonyl (C=O) groups excluding carboxylic acids is 1. The van der Waals surface area contributed by atoms with E-state index in [1.54, 1.807) is 12.3 Å². The molecular weight excluding hydrogens is 462 g/mol. The van der Waals surface area contributed by atoms with Gasteiger partial charge in [-0.05, 0) is 65.1 Å². The van der Waals surface area contributed by atoms with Crippen LogP contribution in [-0.2, 0) is 9.53 Å². The zero-order valence-corrected chi connectivity index (χ0v) is 19.2. The summed E-state index contributed by atoms with van der Waals surface area (Å²) in [7, 11) is 0. The highest BCUT2D eigenvalue weighted by molar-refractivity contribution is 6.14. The SMILES string of the molecule is O=C(Oc1c[nH]c2ccc3cc4ccccc4cc3c12)C1OC2(O)C(O)(C=CC3CCCC32O)C1O. The van der Waals surface area contributed by atoms with E-state index in [4.69, 9.17) is 9.47 Å². The van der Waals surface area contributed by atoms with Crippen molar-refractivity contribution in [2.75, 3.05) is 0 Å². The normalized spacial score (nSPS) is 35.4. The molecule has 0 radical (unpaired) electrons. The Morgan fingerprint density at radius 2 is 1.83 bits per heavy atom. The van der Waals surface area contributed by atoms with Crippen molar-refractivity contribution < 1.29 is 34.7 Å². The van der Waals surface area contributed by atoms with Crippen molar-refractivity contribution in [3.63, 3.8) is 0 Å². The smallest absolute Gasteiger partial charge is 0.343 e. The number of esters is 1. The van der Waals surface area contributed by atoms with E-state index in [9.17, 15) is 25.2 Å². The van der Waals surface area contributed by atoms with Crippen LogP contribution in [0.5, 0.6) is 5.75 Å². The second-order valence-electron chi connectivity index (χ2n) is 10.2. The summed E-state index contributed by atoms with van der Waals surface area (Å²) in [4.78, 5) is 16.4. The highest BCUT2D eigenvalue weighted by Crippen LogP contribution is 2.57. The average molecular weight is 488 g/mol. The largest absolute Gasteiger partial charge is 0.422 e. The van der Waals surface area contributed by atoms with E-state index in [1.165, 1.54) is 6.08 Å². The molecular formula is C28H25NO7. The van der Waals surface area contributed by atoms with E-state index in [0.29, 0.717) is 18.2 Å². The summed E-state index contributed by atoms with van der Waals surface area (Å²) in [5.74, 6) is -3.76. The van der Waals surface area contributed by atoms with E-state index in [2.05, 4.69) is 11.1 Å². The molecule has 6 atom stereocenters. The van der Waals surface area contributed by atoms with E-state index in [-0.39, 0.29) is 12.2 Å². The van der Waals surface area contributed by atoms with Gasteiger partial charge in [-0.2, -0.15) is 0 Å². The monoisotopic (exact) mass is 487 g/mol. The minimum Gasteiger partial charge on any atom is -0.422 e. The highest BCUT2D eigenvalue weighted by Gasteiger charge is 2.76. The van der Waals surface area contributed by atoms with E-state index < -0.39 is 41.1 Å². The van der Waals surface area contributed by atoms with Crippen molar-refractivity contribution in [2.24, 2.45) is 5.92 Å². The van der Waals surface area contributed by atoms with Crippen LogP contribution in [0.15, 0.2) is 66.9 Å². The third-order valence-corrected chi connectivity index (χ3v) is 8.37. The molecule has 3 aliphatic rings. The Bertz CT molecular complexity index is 1590. The topological polar surface area (TPSA) is 132 Å². The van der Waals surface area contributed by atoms with Gasteiger partial charge < -0.3 is 34.9 Å². The van der Waals surface area contributed by atoms with Crippen molar-refractivity contribution in [3.05, 3.63) is 66.9 Å². The Labute approximate surface area is 205 Å². The van der Waals surface area contributed by atoms with Crippen molar-refractivity contribution in [1.82, 2.24) is 4.98 Å². The van der Waals surface area contributed by atoms with Gasteiger partial charge in [-0.15, -0.1) is 0 Å². The van der Waals surface area contributed by atoms with Crippen molar-refractivity contribution >= 4 is 38.4 Å². The molecule has 1 saturated carbocycles. The molecule has 1 saturated heterocycles. The number of H-pyrrole nitrogens is 1. The number of aromatic amines is 1. The zero-order valence-electron chi connectivity index (χ0n) is 19.2. The van der Waals surface area contributed by atoms with Gasteiger partial charge >= 0.3 is 5.97 Å². The Kier molecular flexibility index (Phi) is 4.36. The van der Waals surface area contributed by atoms with Crippen LogP contribution in [0.25, 0.3) is 32.4 Å². The van der Waals surface area contributed by atoms with Crippen LogP contribution >= 0.6 is 0 Å². The molecule has 2 aliphatic carbocycles. The summed E-state index contributed by atoms with van der Waals surface area (Å²) in [5, 5.41) is 49.5. The Morgan fingerprint density at radius 1 is 1.06 bits per heavy atom. The maximum atomic E-state index is 13.3. The summed E-state index contributed by atoms with van der Waals surface area (Å²) < 4.78 is 11.3. The molecule has 4 aromatic rings. The molecule has 5 N–H and O–H groups in total. The van der Waals surface area contributed by atoms with Gasteiger partial charge in [0.1, 0.15) is 11.7 Å². The molecule has 2 heterocycles. The molecule has 0 bridgehead atoms. The van der Waals surface area contributed by atoms with Gasteiger partial charge in [0, 0.05) is 17.6 Å². The summed E-state index contributed by atoms with van der Waals surface area (Å²) in [5.41, 5.74) is -3.44. The van der Waals surface area contributed by atoms with E-state index in [0.717, 1.165) is 27.1 Å². The fourth-order valence-electron chi connectivity index (χ4n) is 6.43. The molecule has 0 spiro atoms. The first kappa shape index (κ1) is 22.0. The van der Waals surface area contributed by atoms with Crippen LogP contribution in [0.1, 0.15) is 19.3 Å². The molecule has 6 unspecified atom stereocenters. The fourth-order valence-corrected chi connectivity index (χ4v) is 6.43. The summed E-state index contributed by atoms with van der Waals surface area (Å²) >= 11 is 0. The first-order valence-corrected chi connectivity index (χ1v) is 12.1. The number of hydrogen-bond acceptors (Lipinski definition) is 7. The van der Waals surface area contributed by atoms with Crippen molar-refractivity contribution in [1.29, 1.82) is 0 Å². The van der Waals surface area contributed by atoms with Crippen LogP contribution < -0.4 is 4.74 Å². The number of rotatable bonds is 2. The number of aliphatic hydroxyl groups is 4. The molecule has 1 aliphatic heterocycles. The molecule has 7 rings (SSSR count). The predicted molar refractivity (Wildman–Crippen MR) is 131 cm³/mol. The van der Waals surface area contributed by atoms with Crippen LogP contribution in [0, 0.1) is 5.92 Å². The first-order valence-electron chi connectivity index (χ1n) is 12.1. The minimum absolute atomic E-state index is 0.164. The second kappa shape index (κ2) is 7.15. The number of benzene rings is 3. The number of fused-ring (bicyclic) bond motifs is 7. The predicted octanol–water partition coefficient (Wildman–Crippen LogP) is 2.66. The first-order chi connectivity index (χ1) is 17.2. The van der Waals surface area contributed by atoms with Crippen LogP contribution in [0.2, 0.25) is 0 Å². The Balaban J connectivity index is 1.27. The van der Waals surface area contributed by atoms with E-state index in [1.807, 2.05) is 42.5 Å². The molecule has 8 nitrogen and oxygen atoms in total. The summed E-state index contributed by atoms with van der Waals surface area (Å²) in [6, 6.07) is 15.9. The molecule has 184 valence electrons. The number of nitrogens with one attached hydrogen (secondary N) is 1. The standard InChI is InChI=1S/C28H25NO7/c30-24-23(36-28(34)26(32)10-3-6-18(26)9-11-27(24,28)33)25(31)35-21-14-29-20-8-7-17-12-15-4-1-2-5-16(15)13-19(17)22(20)21/h1-2,4-5,7-9,11-14,18,23-24,29-30,32-34H,3,6,10H2. The van der Waals surface area contributed by atoms with Gasteiger partial charge in [-0.3, -0.25) is 0 Å². The van der Waals surface area contributed by atoms with E-state index >= 15 is 0 Å². The van der Waals surface area contributed by atoms with Gasteiger partial charge in [0.2, 0.25) is 5.79 Å². The summed E-state index contributed by atoms with van der Waals surface area (Å²) in [6.07, 6.45) is 2.17. The van der Waals surface area contributed by atoms with Crippen LogP contribution in [0.4, 0.5) is 0 Å². The lowest BCUT2D eigenvalue weighted by Gasteiger charge is -2.49. The third kappa shape index (κ3) is 2.62. The number of ether oxygens (including phenoxy) is 2. The number of aliphatic hydroxyl groups excluding tert-OH is 1. The van der Waals surface area contributed by atoms with Gasteiger partial charge in [-0.25, -0.2) is 4.79 Å². The van der Waals surface area contributed by atoms with Crippen LogP contribution in [-0.4, -0.2) is 60.6 Å². The lowest BCUT2D eigenvalue weighted by atomic mass is 9.68. The quantitative estimate of drug-likeness (QED) is 0.167.